The second-order valence-corrected chi connectivity index (χ2v) is 6.05. The molecule has 0 saturated carbocycles. The van der Waals surface area contributed by atoms with Gasteiger partial charge in [-0.05, 0) is 30.5 Å². The lowest BCUT2D eigenvalue weighted by atomic mass is 9.90. The van der Waals surface area contributed by atoms with Crippen molar-refractivity contribution in [3.8, 4) is 0 Å². The van der Waals surface area contributed by atoms with E-state index in [1.807, 2.05) is 6.92 Å². The lowest BCUT2D eigenvalue weighted by molar-refractivity contribution is 0.0776. The zero-order chi connectivity index (χ0) is 14.2. The number of nitrogens with zero attached hydrogens (tertiary/aromatic N) is 1. The monoisotopic (exact) mass is 304 g/mol. The Morgan fingerprint density at radius 1 is 1.47 bits per heavy atom. The Kier molecular flexibility index (Phi) is 4.04. The van der Waals surface area contributed by atoms with E-state index < -0.39 is 5.82 Å². The summed E-state index contributed by atoms with van der Waals surface area (Å²) in [7, 11) is 0. The standard InChI is InChI=1S/C13H15Cl2FN2O/c1-13(6-17)2-3-18(7-13)12(19)8-4-11(16)10(15)5-9(8)14/h4-5H,2-3,6-7,17H2,1H3. The van der Waals surface area contributed by atoms with Gasteiger partial charge in [0.1, 0.15) is 5.82 Å². The molecule has 3 nitrogen and oxygen atoms in total. The van der Waals surface area contributed by atoms with Gasteiger partial charge in [-0.1, -0.05) is 30.1 Å². The number of benzene rings is 1. The normalized spacial score (nSPS) is 22.9. The van der Waals surface area contributed by atoms with Crippen LogP contribution in [0.25, 0.3) is 0 Å². The van der Waals surface area contributed by atoms with Crippen LogP contribution in [-0.2, 0) is 0 Å². The van der Waals surface area contributed by atoms with Gasteiger partial charge in [-0.25, -0.2) is 4.39 Å². The summed E-state index contributed by atoms with van der Waals surface area (Å²) in [5.74, 6) is -0.923. The van der Waals surface area contributed by atoms with Gasteiger partial charge < -0.3 is 10.6 Å². The summed E-state index contributed by atoms with van der Waals surface area (Å²) in [4.78, 5) is 14.0. The Morgan fingerprint density at radius 3 is 2.74 bits per heavy atom. The van der Waals surface area contributed by atoms with Gasteiger partial charge in [-0.3, -0.25) is 4.79 Å². The molecule has 0 aliphatic carbocycles. The smallest absolute Gasteiger partial charge is 0.255 e. The first-order valence-electron chi connectivity index (χ1n) is 6.00. The number of amides is 1. The number of hydrogen-bond donors (Lipinski definition) is 1. The van der Waals surface area contributed by atoms with E-state index in [9.17, 15) is 9.18 Å². The summed E-state index contributed by atoms with van der Waals surface area (Å²) >= 11 is 11.6. The molecule has 2 rings (SSSR count). The highest BCUT2D eigenvalue weighted by atomic mass is 35.5. The molecule has 1 fully saturated rings. The Morgan fingerprint density at radius 2 is 2.16 bits per heavy atom. The third kappa shape index (κ3) is 2.86. The molecule has 6 heteroatoms. The number of carbonyl (C=O) groups excluding carboxylic acids is 1. The largest absolute Gasteiger partial charge is 0.338 e. The number of halogens is 3. The van der Waals surface area contributed by atoms with E-state index in [1.165, 1.54) is 6.07 Å². The highest BCUT2D eigenvalue weighted by Crippen LogP contribution is 2.31. The van der Waals surface area contributed by atoms with Gasteiger partial charge in [0, 0.05) is 13.1 Å². The average Bonchev–Trinajstić information content (AvgIpc) is 2.77. The summed E-state index contributed by atoms with van der Waals surface area (Å²) in [6, 6.07) is 2.34. The van der Waals surface area contributed by atoms with Crippen molar-refractivity contribution in [2.24, 2.45) is 11.1 Å². The van der Waals surface area contributed by atoms with Crippen LogP contribution in [0.3, 0.4) is 0 Å². The summed E-state index contributed by atoms with van der Waals surface area (Å²) in [6.45, 7) is 3.71. The van der Waals surface area contributed by atoms with Crippen molar-refractivity contribution in [1.29, 1.82) is 0 Å². The molecule has 1 aliphatic heterocycles. The van der Waals surface area contributed by atoms with Gasteiger partial charge in [0.2, 0.25) is 0 Å². The maximum atomic E-state index is 13.4. The van der Waals surface area contributed by atoms with Crippen molar-refractivity contribution in [3.05, 3.63) is 33.6 Å². The van der Waals surface area contributed by atoms with Crippen molar-refractivity contribution >= 4 is 29.1 Å². The van der Waals surface area contributed by atoms with Crippen LogP contribution in [0, 0.1) is 11.2 Å². The SMILES string of the molecule is CC1(CN)CCN(C(=O)c2cc(F)c(Cl)cc2Cl)C1. The first kappa shape index (κ1) is 14.6. The van der Waals surface area contributed by atoms with Gasteiger partial charge in [0.25, 0.3) is 5.91 Å². The van der Waals surface area contributed by atoms with E-state index in [0.717, 1.165) is 12.5 Å². The van der Waals surface area contributed by atoms with Crippen LogP contribution in [0.5, 0.6) is 0 Å². The molecule has 1 heterocycles. The molecule has 1 unspecified atom stereocenters. The van der Waals surface area contributed by atoms with E-state index in [4.69, 9.17) is 28.9 Å². The number of nitrogens with two attached hydrogens (primary N) is 1. The van der Waals surface area contributed by atoms with Crippen LogP contribution in [0.15, 0.2) is 12.1 Å². The highest BCUT2D eigenvalue weighted by molar-refractivity contribution is 6.36. The van der Waals surface area contributed by atoms with Crippen molar-refractivity contribution in [3.63, 3.8) is 0 Å². The Bertz CT molecular complexity index is 524. The van der Waals surface area contributed by atoms with E-state index in [2.05, 4.69) is 0 Å². The topological polar surface area (TPSA) is 46.3 Å². The minimum Gasteiger partial charge on any atom is -0.338 e. The third-order valence-electron chi connectivity index (χ3n) is 3.58. The first-order chi connectivity index (χ1) is 8.86. The molecule has 2 N–H and O–H groups in total. The molecular formula is C13H15Cl2FN2O. The van der Waals surface area contributed by atoms with E-state index >= 15 is 0 Å². The van der Waals surface area contributed by atoms with Gasteiger partial charge >= 0.3 is 0 Å². The molecule has 0 radical (unpaired) electrons. The zero-order valence-electron chi connectivity index (χ0n) is 10.5. The lowest BCUT2D eigenvalue weighted by Crippen LogP contribution is -2.34. The predicted octanol–water partition coefficient (Wildman–Crippen LogP) is 2.94. The van der Waals surface area contributed by atoms with Crippen LogP contribution >= 0.6 is 23.2 Å². The molecule has 0 bridgehead atoms. The molecule has 0 spiro atoms. The van der Waals surface area contributed by atoms with E-state index in [-0.39, 0.29) is 26.9 Å². The second-order valence-electron chi connectivity index (χ2n) is 5.24. The quantitative estimate of drug-likeness (QED) is 0.854. The molecule has 104 valence electrons. The zero-order valence-corrected chi connectivity index (χ0v) is 12.1. The van der Waals surface area contributed by atoms with Crippen molar-refractivity contribution < 1.29 is 9.18 Å². The van der Waals surface area contributed by atoms with Crippen LogP contribution in [0.1, 0.15) is 23.7 Å². The minimum absolute atomic E-state index is 0.0763. The van der Waals surface area contributed by atoms with Crippen LogP contribution in [0.4, 0.5) is 4.39 Å². The predicted molar refractivity (Wildman–Crippen MR) is 74.1 cm³/mol. The van der Waals surface area contributed by atoms with Crippen molar-refractivity contribution in [2.75, 3.05) is 19.6 Å². The van der Waals surface area contributed by atoms with E-state index in [0.29, 0.717) is 19.6 Å². The molecule has 1 saturated heterocycles. The number of hydrogen-bond acceptors (Lipinski definition) is 2. The minimum atomic E-state index is -0.643. The fourth-order valence-electron chi connectivity index (χ4n) is 2.22. The van der Waals surface area contributed by atoms with Gasteiger partial charge in [-0.15, -0.1) is 0 Å². The Hall–Kier alpha value is -0.840. The molecule has 1 aromatic rings. The summed E-state index contributed by atoms with van der Waals surface area (Å²) in [5.41, 5.74) is 5.77. The number of carbonyl (C=O) groups is 1. The maximum Gasteiger partial charge on any atom is 0.255 e. The maximum absolute atomic E-state index is 13.4. The summed E-state index contributed by atoms with van der Waals surface area (Å²) < 4.78 is 13.4. The average molecular weight is 305 g/mol. The fraction of sp³-hybridized carbons (Fsp3) is 0.462. The Labute approximate surface area is 121 Å². The highest BCUT2D eigenvalue weighted by Gasteiger charge is 2.35. The summed E-state index contributed by atoms with van der Waals surface area (Å²) in [6.07, 6.45) is 0.836. The van der Waals surface area contributed by atoms with Crippen molar-refractivity contribution in [1.82, 2.24) is 4.90 Å². The van der Waals surface area contributed by atoms with Gasteiger partial charge in [0.05, 0.1) is 15.6 Å². The first-order valence-corrected chi connectivity index (χ1v) is 6.76. The van der Waals surface area contributed by atoms with Crippen molar-refractivity contribution in [2.45, 2.75) is 13.3 Å². The molecule has 1 aliphatic rings. The summed E-state index contributed by atoms with van der Waals surface area (Å²) in [5, 5.41) is 0.0764. The van der Waals surface area contributed by atoms with Crippen LogP contribution in [0.2, 0.25) is 10.0 Å². The molecule has 1 aromatic carbocycles. The van der Waals surface area contributed by atoms with Crippen LogP contribution in [-0.4, -0.2) is 30.4 Å². The molecular weight excluding hydrogens is 290 g/mol. The van der Waals surface area contributed by atoms with E-state index in [1.54, 1.807) is 4.90 Å². The molecule has 19 heavy (non-hydrogen) atoms. The second kappa shape index (κ2) is 5.27. The van der Waals surface area contributed by atoms with Crippen LogP contribution < -0.4 is 5.73 Å². The Balaban J connectivity index is 2.24. The van der Waals surface area contributed by atoms with Gasteiger partial charge in [0.15, 0.2) is 0 Å². The molecule has 1 amide bonds. The molecule has 1 atom stereocenters. The number of likely N-dealkylation sites (tertiary alicyclic amines) is 1. The fourth-order valence-corrected chi connectivity index (χ4v) is 2.68. The molecule has 0 aromatic heterocycles. The third-order valence-corrected chi connectivity index (χ3v) is 4.18. The van der Waals surface area contributed by atoms with Gasteiger partial charge in [-0.2, -0.15) is 0 Å². The number of rotatable bonds is 2. The lowest BCUT2D eigenvalue weighted by Gasteiger charge is -2.22.